The fourth-order valence-electron chi connectivity index (χ4n) is 18.6. The largest absolute Gasteiger partial charge is 0.480 e. The molecule has 134 heavy (non-hydrogen) atoms. The number of nitrogens with one attached hydrogen (secondary N) is 9. The molecular formula is C91H113Cl2N21O20. The number of ether oxygens (including phenoxy) is 2. The van der Waals surface area contributed by atoms with E-state index in [1.165, 1.54) is 0 Å². The Hall–Kier alpha value is -13.0. The Bertz CT molecular complexity index is 5620. The number of imide groups is 6. The SMILES string of the molecule is CC(C)(C)OC(=O)NC1(C(=O)N2CCC(n3cc(CNc4cccc5c4C(=O)N(C4CCC(=O)NC4=O)C5=O)cn3)CC2)CCC1.CC(C)(C)OC(=O)NC1(C(=O)O)CCC1.Cl.Cl.NC1(C(=O)N2CCC(n3cc(CNc4cccc5c4C(=O)N(C4CCC(=O)NC4=O)C5=O)cn3)CC2)CCC1.O=C1CCC(N2C(=O)c3cccc(NCc4cnn(C5CCNCC5)c4)c3C2=O)C(=O)N1. The molecule has 3 aromatic carbocycles. The molecule has 3 atom stereocenters. The van der Waals surface area contributed by atoms with Crippen molar-refractivity contribution in [2.45, 2.75) is 260 Å². The Balaban J connectivity index is 0.000000159. The van der Waals surface area contributed by atoms with Crippen LogP contribution in [-0.2, 0) is 72.3 Å². The number of aromatic nitrogens is 6. The maximum atomic E-state index is 13.5. The lowest BCUT2D eigenvalue weighted by Crippen LogP contribution is -2.64. The average Bonchev–Trinajstić information content (AvgIpc) is 1.10. The monoisotopic (exact) mass is 1890 g/mol. The van der Waals surface area contributed by atoms with Crippen LogP contribution >= 0.6 is 24.8 Å². The molecule has 12 N–H and O–H groups in total. The fourth-order valence-corrected chi connectivity index (χ4v) is 18.6. The molecule has 41 nitrogen and oxygen atoms in total. The highest BCUT2D eigenvalue weighted by molar-refractivity contribution is 6.28. The molecule has 9 fully saturated rings. The zero-order valence-corrected chi connectivity index (χ0v) is 77.0. The number of halogens is 2. The molecule has 43 heteroatoms. The van der Waals surface area contributed by atoms with E-state index in [0.717, 1.165) is 102 Å². The predicted molar refractivity (Wildman–Crippen MR) is 484 cm³/mol. The number of fused-ring (bicyclic) bond motifs is 3. The Kier molecular flexibility index (Phi) is 29.7. The highest BCUT2D eigenvalue weighted by Crippen LogP contribution is 2.41. The number of aliphatic carboxylic acids is 1. The van der Waals surface area contributed by atoms with Gasteiger partial charge in [-0.1, -0.05) is 18.2 Å². The summed E-state index contributed by atoms with van der Waals surface area (Å²) in [6.07, 6.45) is 22.0. The summed E-state index contributed by atoms with van der Waals surface area (Å²) in [6.45, 7) is 16.1. The first-order valence-corrected chi connectivity index (χ1v) is 45.1. The number of nitrogens with two attached hydrogens (primary N) is 1. The van der Waals surface area contributed by atoms with E-state index in [4.69, 9.17) is 20.3 Å². The summed E-state index contributed by atoms with van der Waals surface area (Å²) in [5.41, 5.74) is 7.93. The predicted octanol–water partition coefficient (Wildman–Crippen LogP) is 6.63. The van der Waals surface area contributed by atoms with E-state index in [1.54, 1.807) is 115 Å². The molecule has 3 aliphatic carbocycles. The third-order valence-corrected chi connectivity index (χ3v) is 26.1. The lowest BCUT2D eigenvalue weighted by Gasteiger charge is -2.45. The first-order chi connectivity index (χ1) is 62.9. The number of hydrogen-bond acceptors (Lipinski definition) is 27. The number of carboxylic acids is 1. The minimum absolute atomic E-state index is 0. The summed E-state index contributed by atoms with van der Waals surface area (Å²) in [5, 5.41) is 47.5. The van der Waals surface area contributed by atoms with Crippen LogP contribution in [0, 0.1) is 0 Å². The van der Waals surface area contributed by atoms with E-state index in [1.807, 2.05) is 42.4 Å². The fraction of sp³-hybridized carbons (Fsp3) is 0.516. The summed E-state index contributed by atoms with van der Waals surface area (Å²) in [4.78, 5) is 218. The number of carbonyl (C=O) groups excluding carboxylic acids is 16. The maximum absolute atomic E-state index is 13.5. The van der Waals surface area contributed by atoms with Gasteiger partial charge in [0.2, 0.25) is 47.3 Å². The van der Waals surface area contributed by atoms with Crippen LogP contribution in [0.15, 0.2) is 91.8 Å². The molecule has 3 unspecified atom stereocenters. The number of carbonyl (C=O) groups is 17. The normalized spacial score (nSPS) is 21.3. The van der Waals surface area contributed by atoms with Gasteiger partial charge in [0.15, 0.2) is 0 Å². The highest BCUT2D eigenvalue weighted by atomic mass is 35.5. The van der Waals surface area contributed by atoms with Gasteiger partial charge in [0.05, 0.1) is 75.6 Å². The Morgan fingerprint density at radius 1 is 0.433 bits per heavy atom. The van der Waals surface area contributed by atoms with E-state index in [2.05, 4.69) is 63.1 Å². The van der Waals surface area contributed by atoms with Gasteiger partial charge in [0, 0.05) is 117 Å². The van der Waals surface area contributed by atoms with Crippen molar-refractivity contribution >= 4 is 143 Å². The number of alkyl carbamates (subject to hydrolysis) is 2. The Morgan fingerprint density at radius 3 is 1.04 bits per heavy atom. The standard InChI is InChI=1S/C32H39N7O7.C27H31N7O5.C22H24N6O4.C10H17NO4.2ClH/c1-31(2,3)46-30(45)36-32(12-5-13-32)29(44)37-14-10-20(11-15-37)38-18-19(17-34-38)16-33-22-7-4-6-21-25(22)28(43)39(27(21)42)23-8-9-24(40)35-26(23)41;28-27(9-2-10-27)26(39)32-11-7-17(8-12-32)33-15-16(14-30-33)13-29-19-4-1-3-18-22(19)25(38)34(24(18)37)20-5-6-21(35)31-23(20)36;29-18-5-4-17(20(30)26-18)28-21(31)15-2-1-3-16(19(15)22(28)32)24-10-13-11-25-27(12-13)14-6-8-23-9-7-14;1-9(2,3)15-8(14)11-10(7(12)13)5-4-6-10;;/h4,6-7,17-18,20,23,33H,5,8-16H2,1-3H3,(H,36,45)(H,35,40,41);1,3-4,14-15,17,20,29H,2,5-13,28H2,(H,31,35,36);1-3,11-12,14,17,23-24H,4-10H2,(H,26,29,30);4-6H2,1-3H3,(H,11,14)(H,12,13);2*1H. The molecule has 9 aliphatic heterocycles. The third-order valence-electron chi connectivity index (χ3n) is 26.1. The Morgan fingerprint density at radius 2 is 0.746 bits per heavy atom. The third kappa shape index (κ3) is 21.1. The van der Waals surface area contributed by atoms with E-state index in [-0.39, 0.29) is 121 Å². The van der Waals surface area contributed by atoms with Crippen LogP contribution in [-0.4, -0.2) is 245 Å². The number of likely N-dealkylation sites (tertiary alicyclic amines) is 2. The molecular weight excluding hydrogens is 1780 g/mol. The number of anilines is 3. The zero-order chi connectivity index (χ0) is 94.0. The summed E-state index contributed by atoms with van der Waals surface area (Å²) >= 11 is 0. The average molecular weight is 1890 g/mol. The van der Waals surface area contributed by atoms with Crippen molar-refractivity contribution in [2.75, 3.05) is 55.2 Å². The van der Waals surface area contributed by atoms with Crippen LogP contribution in [0.4, 0.5) is 26.7 Å². The van der Waals surface area contributed by atoms with Crippen molar-refractivity contribution in [1.82, 2.24) is 85.7 Å². The van der Waals surface area contributed by atoms with Crippen molar-refractivity contribution in [2.24, 2.45) is 5.73 Å². The number of nitrogens with zero attached hydrogens (tertiary/aromatic N) is 11. The van der Waals surface area contributed by atoms with Gasteiger partial charge >= 0.3 is 18.2 Å². The van der Waals surface area contributed by atoms with Crippen molar-refractivity contribution in [3.63, 3.8) is 0 Å². The number of hydrogen-bond donors (Lipinski definition) is 11. The smallest absolute Gasteiger partial charge is 0.408 e. The second-order valence-corrected chi connectivity index (χ2v) is 37.5. The summed E-state index contributed by atoms with van der Waals surface area (Å²) in [7, 11) is 0. The molecule has 18 rings (SSSR count). The van der Waals surface area contributed by atoms with Gasteiger partial charge < -0.3 is 62.0 Å². The van der Waals surface area contributed by atoms with Crippen molar-refractivity contribution in [1.29, 1.82) is 0 Å². The van der Waals surface area contributed by atoms with Crippen LogP contribution in [0.5, 0.6) is 0 Å². The molecule has 6 saturated heterocycles. The van der Waals surface area contributed by atoms with Crippen LogP contribution in [0.25, 0.3) is 0 Å². The van der Waals surface area contributed by atoms with Gasteiger partial charge in [0.1, 0.15) is 40.4 Å². The van der Waals surface area contributed by atoms with Crippen LogP contribution in [0.3, 0.4) is 0 Å². The van der Waals surface area contributed by atoms with E-state index < -0.39 is 135 Å². The molecule has 3 aromatic heterocycles. The molecule has 0 bridgehead atoms. The quantitative estimate of drug-likeness (QED) is 0.0357. The number of carboxylic acid groups (broad SMARTS) is 1. The molecule has 6 aromatic rings. The van der Waals surface area contributed by atoms with Crippen molar-refractivity contribution in [3.8, 4) is 0 Å². The van der Waals surface area contributed by atoms with Gasteiger partial charge in [0.25, 0.3) is 35.4 Å². The number of amides is 16. The van der Waals surface area contributed by atoms with Gasteiger partial charge in [-0.15, -0.1) is 24.8 Å². The lowest BCUT2D eigenvalue weighted by molar-refractivity contribution is -0.149. The van der Waals surface area contributed by atoms with Crippen LogP contribution in [0.1, 0.15) is 273 Å². The summed E-state index contributed by atoms with van der Waals surface area (Å²) in [6, 6.07) is 12.6. The van der Waals surface area contributed by atoms with Crippen LogP contribution < -0.4 is 53.6 Å². The van der Waals surface area contributed by atoms with Crippen molar-refractivity contribution < 1.29 is 96.1 Å². The molecule has 12 aliphatic rings. The maximum Gasteiger partial charge on any atom is 0.408 e. The van der Waals surface area contributed by atoms with Gasteiger partial charge in [-0.3, -0.25) is 112 Å². The summed E-state index contributed by atoms with van der Waals surface area (Å²) < 4.78 is 16.2. The molecule has 16 amide bonds. The first kappa shape index (κ1) is 98.5. The van der Waals surface area contributed by atoms with Crippen LogP contribution in [0.2, 0.25) is 0 Å². The zero-order valence-electron chi connectivity index (χ0n) is 75.4. The van der Waals surface area contributed by atoms with Gasteiger partial charge in [-0.05, 0) is 207 Å². The van der Waals surface area contributed by atoms with E-state index >= 15 is 0 Å². The number of benzene rings is 3. The van der Waals surface area contributed by atoms with E-state index in [0.29, 0.717) is 107 Å². The second kappa shape index (κ2) is 40.4. The Labute approximate surface area is 783 Å². The molecule has 0 spiro atoms. The van der Waals surface area contributed by atoms with E-state index in [9.17, 15) is 81.5 Å². The molecule has 3 saturated carbocycles. The first-order valence-electron chi connectivity index (χ1n) is 45.1. The highest BCUT2D eigenvalue weighted by Gasteiger charge is 2.53. The number of piperidine rings is 6. The second-order valence-electron chi connectivity index (χ2n) is 37.5. The van der Waals surface area contributed by atoms with Gasteiger partial charge in [-0.2, -0.15) is 15.3 Å². The lowest BCUT2D eigenvalue weighted by atomic mass is 9.75. The topological polar surface area (TPSA) is 533 Å². The van der Waals surface area contributed by atoms with Crippen molar-refractivity contribution in [3.05, 3.63) is 142 Å². The molecule has 716 valence electrons. The molecule has 12 heterocycles. The summed E-state index contributed by atoms with van der Waals surface area (Å²) in [5.74, 6) is -7.35. The minimum Gasteiger partial charge on any atom is -0.480 e. The minimum atomic E-state index is -1.09. The van der Waals surface area contributed by atoms with Gasteiger partial charge in [-0.25, -0.2) is 14.4 Å². The number of rotatable bonds is 20. The molecule has 0 radical (unpaired) electrons.